The molecule has 1 amide bonds. The van der Waals surface area contributed by atoms with Crippen LogP contribution in [0, 0.1) is 0 Å². The molecule has 0 spiro atoms. The molecule has 1 fully saturated rings. The Labute approximate surface area is 199 Å². The number of pyridine rings is 1. The molecule has 1 heterocycles. The van der Waals surface area contributed by atoms with E-state index in [0.29, 0.717) is 18.4 Å². The van der Waals surface area contributed by atoms with Crippen molar-refractivity contribution in [3.05, 3.63) is 52.9 Å². The molecule has 1 aliphatic rings. The maximum atomic E-state index is 12.6. The average molecular weight is 493 g/mol. The summed E-state index contributed by atoms with van der Waals surface area (Å²) < 4.78 is 29.7. The summed E-state index contributed by atoms with van der Waals surface area (Å²) in [5.41, 5.74) is 1.97. The van der Waals surface area contributed by atoms with E-state index >= 15 is 0 Å². The number of hydrogen-bond donors (Lipinski definition) is 3. The fourth-order valence-corrected chi connectivity index (χ4v) is 4.89. The molecule has 1 unspecified atom stereocenters. The Morgan fingerprint density at radius 1 is 1.21 bits per heavy atom. The largest absolute Gasteiger partial charge is 0.490 e. The summed E-state index contributed by atoms with van der Waals surface area (Å²) in [6, 6.07) is 10.6. The van der Waals surface area contributed by atoms with E-state index in [1.807, 2.05) is 31.2 Å². The van der Waals surface area contributed by atoms with Crippen LogP contribution in [0.2, 0.25) is 0 Å². The number of aryl methyl sites for hydroxylation is 1. The van der Waals surface area contributed by atoms with Crippen LogP contribution < -0.4 is 15.8 Å². The molecule has 10 heteroatoms. The van der Waals surface area contributed by atoms with Crippen molar-refractivity contribution in [3.8, 4) is 16.9 Å². The zero-order valence-corrected chi connectivity index (χ0v) is 20.5. The van der Waals surface area contributed by atoms with Crippen LogP contribution in [0.1, 0.15) is 46.0 Å². The first-order chi connectivity index (χ1) is 15.8. The van der Waals surface area contributed by atoms with Gasteiger partial charge in [-0.25, -0.2) is 13.9 Å². The smallest absolute Gasteiger partial charge is 0.264 e. The van der Waals surface area contributed by atoms with Crippen LogP contribution in [-0.4, -0.2) is 51.9 Å². The molecule has 1 aromatic heterocycles. The topological polar surface area (TPSA) is 135 Å². The third-order valence-corrected chi connectivity index (χ3v) is 8.75. The first-order valence-electron chi connectivity index (χ1n) is 11.2. The summed E-state index contributed by atoms with van der Waals surface area (Å²) in [5, 5.41) is 19.0. The molecular weight excluding hydrogens is 460 g/mol. The van der Waals surface area contributed by atoms with E-state index in [1.54, 1.807) is 12.3 Å². The number of carbonyl (C=O) groups is 1. The highest BCUT2D eigenvalue weighted by atomic mass is 32.2. The van der Waals surface area contributed by atoms with Gasteiger partial charge in [-0.05, 0) is 75.3 Å². The van der Waals surface area contributed by atoms with Gasteiger partial charge < -0.3 is 14.4 Å². The van der Waals surface area contributed by atoms with Crippen molar-refractivity contribution in [1.82, 2.24) is 10.0 Å². The second kappa shape index (κ2) is 9.89. The van der Waals surface area contributed by atoms with Gasteiger partial charge in [-0.2, -0.15) is 0 Å². The van der Waals surface area contributed by atoms with E-state index in [2.05, 4.69) is 0 Å². The molecule has 0 radical (unpaired) electrons. The Kier molecular flexibility index (Phi) is 7.54. The van der Waals surface area contributed by atoms with Crippen molar-refractivity contribution < 1.29 is 28.3 Å². The Morgan fingerprint density at radius 3 is 2.35 bits per heavy atom. The number of hydrogen-bond acceptors (Lipinski definition) is 7. The van der Waals surface area contributed by atoms with Crippen molar-refractivity contribution in [3.63, 3.8) is 0 Å². The number of amides is 1. The monoisotopic (exact) mass is 492 g/mol. The molecule has 1 aliphatic carbocycles. The number of carbonyl (C=O) groups excluding carboxylic acids is 1. The summed E-state index contributed by atoms with van der Waals surface area (Å²) in [6.07, 6.45) is 5.37. The van der Waals surface area contributed by atoms with Gasteiger partial charge in [-0.15, -0.1) is 0 Å². The van der Waals surface area contributed by atoms with Gasteiger partial charge >= 0.3 is 0 Å². The minimum absolute atomic E-state index is 0.0167. The Balaban J connectivity index is 1.68. The van der Waals surface area contributed by atoms with Crippen molar-refractivity contribution in [2.75, 3.05) is 6.26 Å². The molecule has 34 heavy (non-hydrogen) atoms. The van der Waals surface area contributed by atoms with Crippen molar-refractivity contribution in [2.45, 2.75) is 68.9 Å². The van der Waals surface area contributed by atoms with E-state index in [9.17, 15) is 23.1 Å². The second-order valence-corrected chi connectivity index (χ2v) is 11.9. The van der Waals surface area contributed by atoms with Gasteiger partial charge in [0, 0.05) is 25.1 Å². The number of aromatic nitrogens is 1. The molecule has 0 aliphatic heterocycles. The summed E-state index contributed by atoms with van der Waals surface area (Å²) in [5.74, 6) is -0.313. The lowest BCUT2D eigenvalue weighted by molar-refractivity contribution is -0.131. The lowest BCUT2D eigenvalue weighted by atomic mass is 9.85. The number of nitrogens with one attached hydrogen (secondary N) is 1. The molecule has 3 N–H and O–H groups in total. The predicted molar refractivity (Wildman–Crippen MR) is 127 cm³/mol. The summed E-state index contributed by atoms with van der Waals surface area (Å²) >= 11 is 0. The number of sulfone groups is 1. The maximum absolute atomic E-state index is 12.6. The van der Waals surface area contributed by atoms with E-state index in [1.165, 1.54) is 23.0 Å². The van der Waals surface area contributed by atoms with Crippen LogP contribution in [0.5, 0.6) is 5.75 Å². The minimum Gasteiger partial charge on any atom is -0.490 e. The van der Waals surface area contributed by atoms with Gasteiger partial charge in [0.25, 0.3) is 11.5 Å². The molecule has 1 aromatic carbocycles. The van der Waals surface area contributed by atoms with Gasteiger partial charge in [-0.3, -0.25) is 14.8 Å². The highest BCUT2D eigenvalue weighted by Gasteiger charge is 2.43. The van der Waals surface area contributed by atoms with E-state index in [-0.39, 0.29) is 24.6 Å². The predicted octanol–water partition coefficient (Wildman–Crippen LogP) is 2.29. The summed E-state index contributed by atoms with van der Waals surface area (Å²) in [7, 11) is -3.84. The van der Waals surface area contributed by atoms with Crippen molar-refractivity contribution in [2.24, 2.45) is 0 Å². The molecule has 9 nitrogen and oxygen atoms in total. The molecule has 0 saturated heterocycles. The highest BCUT2D eigenvalue weighted by Crippen LogP contribution is 2.31. The van der Waals surface area contributed by atoms with Crippen LogP contribution in [0.3, 0.4) is 0 Å². The first-order valence-corrected chi connectivity index (χ1v) is 13.1. The lowest BCUT2D eigenvalue weighted by Crippen LogP contribution is -2.49. The average Bonchev–Trinajstić information content (AvgIpc) is 2.78. The van der Waals surface area contributed by atoms with Crippen LogP contribution in [0.25, 0.3) is 11.1 Å². The minimum atomic E-state index is -3.84. The first kappa shape index (κ1) is 25.9. The van der Waals surface area contributed by atoms with E-state index in [0.717, 1.165) is 30.4 Å². The number of hydroxylamine groups is 1. The van der Waals surface area contributed by atoms with Crippen LogP contribution in [0.4, 0.5) is 0 Å². The fraction of sp³-hybridized carbons (Fsp3) is 0.500. The quantitative estimate of drug-likeness (QED) is 0.380. The summed E-state index contributed by atoms with van der Waals surface area (Å²) in [6.45, 7) is 3.05. The molecule has 2 aromatic rings. The lowest BCUT2D eigenvalue weighted by Gasteiger charge is -2.33. The Morgan fingerprint density at radius 2 is 1.82 bits per heavy atom. The normalized spacial score (nSPS) is 22.6. The van der Waals surface area contributed by atoms with Crippen LogP contribution in [-0.2, 0) is 21.2 Å². The van der Waals surface area contributed by atoms with E-state index < -0.39 is 26.1 Å². The third kappa shape index (κ3) is 5.86. The van der Waals surface area contributed by atoms with Gasteiger partial charge in [0.1, 0.15) is 5.75 Å². The van der Waals surface area contributed by atoms with Gasteiger partial charge in [0.05, 0.1) is 11.7 Å². The molecular formula is C24H32N2O7S. The Hall–Kier alpha value is -2.69. The van der Waals surface area contributed by atoms with Crippen molar-refractivity contribution >= 4 is 15.7 Å². The summed E-state index contributed by atoms with van der Waals surface area (Å²) in [4.78, 5) is 24.6. The Bertz CT molecular complexity index is 1180. The number of benzene rings is 1. The number of rotatable bonds is 8. The molecule has 1 atom stereocenters. The number of nitrogens with zero attached hydrogens (tertiary/aromatic N) is 1. The fourth-order valence-electron chi connectivity index (χ4n) is 4.04. The highest BCUT2D eigenvalue weighted by molar-refractivity contribution is 7.92. The molecule has 0 bridgehead atoms. The van der Waals surface area contributed by atoms with E-state index in [4.69, 9.17) is 9.94 Å². The molecule has 3 rings (SSSR count). The second-order valence-electron chi connectivity index (χ2n) is 9.48. The molecule has 186 valence electrons. The van der Waals surface area contributed by atoms with Gasteiger partial charge in [-0.1, -0.05) is 12.1 Å². The zero-order valence-electron chi connectivity index (χ0n) is 19.7. The van der Waals surface area contributed by atoms with Gasteiger partial charge in [0.15, 0.2) is 14.6 Å². The van der Waals surface area contributed by atoms with Crippen molar-refractivity contribution in [1.29, 1.82) is 0 Å². The van der Waals surface area contributed by atoms with Crippen LogP contribution >= 0.6 is 0 Å². The SMILES string of the molecule is CC1(O)CCC(Oc2ccc(-c3ccn(CCC(C)(C(=O)NO)S(C)(=O)=O)c(=O)c3)cc2)CC1. The third-order valence-electron chi connectivity index (χ3n) is 6.73. The van der Waals surface area contributed by atoms with Gasteiger partial charge in [0.2, 0.25) is 0 Å². The van der Waals surface area contributed by atoms with Crippen LogP contribution in [0.15, 0.2) is 47.4 Å². The maximum Gasteiger partial charge on any atom is 0.264 e. The standard InChI is InChI=1S/C24H32N2O7S/c1-23(29)11-8-20(9-12-23)33-19-6-4-17(5-7-19)18-10-14-26(21(27)16-18)15-13-24(2,22(28)25-30)34(3,31)32/h4-7,10,14,16,20,29-30H,8-9,11-13,15H2,1-3H3,(H,25,28). The number of ether oxygens (including phenoxy) is 1. The molecule has 1 saturated carbocycles. The zero-order chi connectivity index (χ0) is 25.1. The number of aliphatic hydroxyl groups is 1.